The summed E-state index contributed by atoms with van der Waals surface area (Å²) >= 11 is 0. The number of amides is 1. The van der Waals surface area contributed by atoms with Crippen molar-refractivity contribution in [2.75, 3.05) is 5.43 Å². The van der Waals surface area contributed by atoms with Gasteiger partial charge in [-0.3, -0.25) is 10.6 Å². The summed E-state index contributed by atoms with van der Waals surface area (Å²) < 4.78 is 37.6. The van der Waals surface area contributed by atoms with Crippen LogP contribution in [0.25, 0.3) is 0 Å². The van der Waals surface area contributed by atoms with E-state index in [1.807, 2.05) is 5.43 Å². The van der Waals surface area contributed by atoms with E-state index in [0.717, 1.165) is 12.1 Å². The lowest BCUT2D eigenvalue weighted by molar-refractivity contribution is -0.137. The summed E-state index contributed by atoms with van der Waals surface area (Å²) in [6.07, 6.45) is -8.25. The van der Waals surface area contributed by atoms with Gasteiger partial charge in [-0.15, -0.1) is 0 Å². The van der Waals surface area contributed by atoms with Gasteiger partial charge in [0.2, 0.25) is 5.91 Å². The predicted octanol–water partition coefficient (Wildman–Crippen LogP) is 0.261. The monoisotopic (exact) mass is 293 g/mol. The van der Waals surface area contributed by atoms with Crippen LogP contribution in [0.5, 0.6) is 0 Å². The molecule has 2 unspecified atom stereocenters. The number of alkyl halides is 3. The molecule has 1 rings (SSSR count). The van der Waals surface area contributed by atoms with E-state index in [-0.39, 0.29) is 11.3 Å². The number of rotatable bonds is 5. The normalized spacial score (nSPS) is 14.7. The number of halogens is 3. The Morgan fingerprint density at radius 1 is 1.35 bits per heavy atom. The van der Waals surface area contributed by atoms with Crippen molar-refractivity contribution >= 4 is 11.6 Å². The fourth-order valence-electron chi connectivity index (χ4n) is 1.64. The molecule has 0 radical (unpaired) electrons. The highest BCUT2D eigenvalue weighted by Gasteiger charge is 2.32. The van der Waals surface area contributed by atoms with Gasteiger partial charge in [-0.1, -0.05) is 6.07 Å². The summed E-state index contributed by atoms with van der Waals surface area (Å²) in [7, 11) is 0. The minimum Gasteiger partial charge on any atom is -0.390 e. The molecule has 0 fully saturated rings. The number of hydrogen-bond acceptors (Lipinski definition) is 5. The van der Waals surface area contributed by atoms with Crippen LogP contribution in [0.4, 0.5) is 18.9 Å². The number of hydrazine groups is 1. The van der Waals surface area contributed by atoms with Crippen LogP contribution < -0.4 is 17.0 Å². The van der Waals surface area contributed by atoms with Crippen molar-refractivity contribution in [1.29, 1.82) is 0 Å². The molecule has 7 N–H and O–H groups in total. The Labute approximate surface area is 112 Å². The Balaban J connectivity index is 3.09. The number of nitrogens with two attached hydrogens (primary N) is 2. The number of nitrogen functional groups attached to an aromatic ring is 1. The summed E-state index contributed by atoms with van der Waals surface area (Å²) in [5, 5.41) is 19.4. The molecule has 1 aromatic carbocycles. The molecule has 0 aliphatic heterocycles. The average Bonchev–Trinajstić information content (AvgIpc) is 2.35. The Morgan fingerprint density at radius 2 is 1.95 bits per heavy atom. The first-order valence-electron chi connectivity index (χ1n) is 5.49. The van der Waals surface area contributed by atoms with Crippen molar-refractivity contribution in [2.24, 2.45) is 11.6 Å². The van der Waals surface area contributed by atoms with Gasteiger partial charge in [-0.25, -0.2) is 0 Å². The van der Waals surface area contributed by atoms with E-state index in [9.17, 15) is 28.2 Å². The molecule has 1 aromatic rings. The molecule has 20 heavy (non-hydrogen) atoms. The summed E-state index contributed by atoms with van der Waals surface area (Å²) in [6.45, 7) is 0. The zero-order valence-electron chi connectivity index (χ0n) is 10.2. The molecule has 1 amide bonds. The van der Waals surface area contributed by atoms with E-state index >= 15 is 0 Å². The number of aliphatic hydroxyl groups is 2. The first kappa shape index (κ1) is 16.2. The van der Waals surface area contributed by atoms with Gasteiger partial charge in [0.25, 0.3) is 0 Å². The minimum atomic E-state index is -4.57. The zero-order chi connectivity index (χ0) is 15.5. The van der Waals surface area contributed by atoms with Gasteiger partial charge < -0.3 is 21.4 Å². The maximum atomic E-state index is 12.5. The average molecular weight is 293 g/mol. The Kier molecular flexibility index (Phi) is 4.93. The van der Waals surface area contributed by atoms with E-state index in [4.69, 9.17) is 11.6 Å². The van der Waals surface area contributed by atoms with Gasteiger partial charge in [0.15, 0.2) is 0 Å². The number of anilines is 1. The Bertz CT molecular complexity index is 494. The highest BCUT2D eigenvalue weighted by atomic mass is 19.4. The van der Waals surface area contributed by atoms with Crippen LogP contribution in [0.2, 0.25) is 0 Å². The molecule has 2 atom stereocenters. The molecule has 0 spiro atoms. The lowest BCUT2D eigenvalue weighted by atomic mass is 9.98. The minimum absolute atomic E-state index is 0.0748. The van der Waals surface area contributed by atoms with E-state index in [1.54, 1.807) is 0 Å². The van der Waals surface area contributed by atoms with Crippen LogP contribution in [-0.2, 0) is 11.0 Å². The number of aliphatic hydroxyl groups excluding tert-OH is 2. The SMILES string of the molecule is NNc1cc(C(F)(F)F)ccc1C(O)C(O)CC(N)=O. The Hall–Kier alpha value is -1.84. The molecule has 0 heterocycles. The van der Waals surface area contributed by atoms with Gasteiger partial charge in [-0.05, 0) is 12.1 Å². The van der Waals surface area contributed by atoms with Crippen molar-refractivity contribution in [1.82, 2.24) is 0 Å². The number of primary amides is 1. The smallest absolute Gasteiger partial charge is 0.390 e. The highest BCUT2D eigenvalue weighted by molar-refractivity contribution is 5.74. The highest BCUT2D eigenvalue weighted by Crippen LogP contribution is 2.34. The van der Waals surface area contributed by atoms with E-state index < -0.39 is 36.3 Å². The molecule has 112 valence electrons. The lowest BCUT2D eigenvalue weighted by Gasteiger charge is -2.20. The van der Waals surface area contributed by atoms with E-state index in [0.29, 0.717) is 6.07 Å². The van der Waals surface area contributed by atoms with Gasteiger partial charge in [0, 0.05) is 5.56 Å². The summed E-state index contributed by atoms with van der Waals surface area (Å²) in [4.78, 5) is 10.6. The summed E-state index contributed by atoms with van der Waals surface area (Å²) in [5.74, 6) is 4.24. The topological polar surface area (TPSA) is 122 Å². The van der Waals surface area contributed by atoms with Crippen LogP contribution in [0.15, 0.2) is 18.2 Å². The molecule has 0 aliphatic carbocycles. The molecule has 0 saturated heterocycles. The van der Waals surface area contributed by atoms with E-state index in [2.05, 4.69) is 0 Å². The second-order valence-corrected chi connectivity index (χ2v) is 4.13. The molecular weight excluding hydrogens is 279 g/mol. The van der Waals surface area contributed by atoms with Crippen LogP contribution in [0, 0.1) is 0 Å². The number of carbonyl (C=O) groups is 1. The second kappa shape index (κ2) is 6.07. The van der Waals surface area contributed by atoms with Crippen molar-refractivity contribution in [3.05, 3.63) is 29.3 Å². The van der Waals surface area contributed by atoms with Crippen LogP contribution in [0.3, 0.4) is 0 Å². The second-order valence-electron chi connectivity index (χ2n) is 4.13. The van der Waals surface area contributed by atoms with Crippen LogP contribution >= 0.6 is 0 Å². The quantitative estimate of drug-likeness (QED) is 0.394. The first-order valence-corrected chi connectivity index (χ1v) is 5.49. The molecule has 6 nitrogen and oxygen atoms in total. The molecule has 0 saturated carbocycles. The first-order chi connectivity index (χ1) is 9.16. The number of hydrogen-bond donors (Lipinski definition) is 5. The van der Waals surface area contributed by atoms with Crippen molar-refractivity contribution in [3.63, 3.8) is 0 Å². The van der Waals surface area contributed by atoms with Crippen LogP contribution in [-0.4, -0.2) is 22.2 Å². The predicted molar refractivity (Wildman–Crippen MR) is 64.0 cm³/mol. The number of nitrogens with one attached hydrogen (secondary N) is 1. The number of benzene rings is 1. The summed E-state index contributed by atoms with van der Waals surface area (Å²) in [5.41, 5.74) is 5.62. The van der Waals surface area contributed by atoms with Gasteiger partial charge in [-0.2, -0.15) is 13.2 Å². The third-order valence-electron chi connectivity index (χ3n) is 2.63. The maximum absolute atomic E-state index is 12.5. The largest absolute Gasteiger partial charge is 0.416 e. The third-order valence-corrected chi connectivity index (χ3v) is 2.63. The van der Waals surface area contributed by atoms with Gasteiger partial charge in [0.05, 0.1) is 23.8 Å². The Morgan fingerprint density at radius 3 is 2.40 bits per heavy atom. The molecule has 9 heteroatoms. The standard InChI is InChI=1S/C11H14F3N3O3/c12-11(13,14)5-1-2-6(7(3-5)17-16)10(20)8(18)4-9(15)19/h1-3,8,10,17-18,20H,4,16H2,(H2,15,19). The molecular formula is C11H14F3N3O3. The van der Waals surface area contributed by atoms with E-state index in [1.165, 1.54) is 0 Å². The van der Waals surface area contributed by atoms with Crippen molar-refractivity contribution < 1.29 is 28.2 Å². The molecule has 0 aromatic heterocycles. The lowest BCUT2D eigenvalue weighted by Crippen LogP contribution is -2.26. The van der Waals surface area contributed by atoms with Crippen LogP contribution in [0.1, 0.15) is 23.7 Å². The van der Waals surface area contributed by atoms with Gasteiger partial charge >= 0.3 is 6.18 Å². The number of carbonyl (C=O) groups excluding carboxylic acids is 1. The van der Waals surface area contributed by atoms with Crippen molar-refractivity contribution in [2.45, 2.75) is 24.8 Å². The van der Waals surface area contributed by atoms with Gasteiger partial charge in [0.1, 0.15) is 6.10 Å². The summed E-state index contributed by atoms with van der Waals surface area (Å²) in [6, 6.07) is 2.39. The van der Waals surface area contributed by atoms with Crippen molar-refractivity contribution in [3.8, 4) is 0 Å². The molecule has 0 bridgehead atoms. The zero-order valence-corrected chi connectivity index (χ0v) is 10.2. The fourth-order valence-corrected chi connectivity index (χ4v) is 1.64. The maximum Gasteiger partial charge on any atom is 0.416 e. The molecule has 0 aliphatic rings. The third kappa shape index (κ3) is 3.83. The fraction of sp³-hybridized carbons (Fsp3) is 0.364.